The van der Waals surface area contributed by atoms with Gasteiger partial charge in [0.2, 0.25) is 5.91 Å². The number of piperazine rings is 1. The minimum atomic E-state index is -0.473. The van der Waals surface area contributed by atoms with Crippen molar-refractivity contribution in [3.05, 3.63) is 101 Å². The third-order valence-electron chi connectivity index (χ3n) is 6.05. The van der Waals surface area contributed by atoms with Gasteiger partial charge in [-0.05, 0) is 35.4 Å². The molecule has 0 aliphatic carbocycles. The zero-order valence-corrected chi connectivity index (χ0v) is 19.9. The van der Waals surface area contributed by atoms with E-state index in [4.69, 9.17) is 16.3 Å². The molecular formula is C27H28ClN3O3. The topological polar surface area (TPSA) is 61.9 Å². The van der Waals surface area contributed by atoms with Crippen molar-refractivity contribution < 1.29 is 14.3 Å². The number of hydrogen-bond acceptors (Lipinski definition) is 5. The lowest BCUT2D eigenvalue weighted by Crippen LogP contribution is -2.49. The van der Waals surface area contributed by atoms with Gasteiger partial charge in [0.25, 0.3) is 0 Å². The van der Waals surface area contributed by atoms with Crippen LogP contribution < -0.4 is 5.32 Å². The van der Waals surface area contributed by atoms with Gasteiger partial charge < -0.3 is 10.1 Å². The Bertz CT molecular complexity index is 1110. The van der Waals surface area contributed by atoms with Gasteiger partial charge in [0.05, 0.1) is 30.9 Å². The van der Waals surface area contributed by atoms with Crippen molar-refractivity contribution in [1.82, 2.24) is 9.80 Å². The standard InChI is InChI=1S/C27H28ClN3O3/c1-34-27(33)23-9-5-6-10-24(23)29-25(32)19-30-15-17-31(18-16-30)26(20-7-3-2-4-8-20)21-11-13-22(28)14-12-21/h2-14,26H,15-19H2,1H3,(H,29,32). The Kier molecular flexibility index (Phi) is 7.95. The van der Waals surface area contributed by atoms with Gasteiger partial charge in [-0.2, -0.15) is 0 Å². The van der Waals surface area contributed by atoms with Crippen molar-refractivity contribution in [2.45, 2.75) is 6.04 Å². The molecule has 0 saturated carbocycles. The van der Waals surface area contributed by atoms with Crippen molar-refractivity contribution in [3.8, 4) is 0 Å². The van der Waals surface area contributed by atoms with E-state index in [0.29, 0.717) is 11.3 Å². The quantitative estimate of drug-likeness (QED) is 0.509. The summed E-state index contributed by atoms with van der Waals surface area (Å²) in [5.74, 6) is -0.624. The highest BCUT2D eigenvalue weighted by Crippen LogP contribution is 2.30. The molecule has 1 aliphatic rings. The fraction of sp³-hybridized carbons (Fsp3) is 0.259. The summed E-state index contributed by atoms with van der Waals surface area (Å²) in [6.07, 6.45) is 0. The molecule has 0 aromatic heterocycles. The number of halogens is 1. The molecule has 1 fully saturated rings. The van der Waals surface area contributed by atoms with Crippen LogP contribution in [0.3, 0.4) is 0 Å². The summed E-state index contributed by atoms with van der Waals surface area (Å²) in [7, 11) is 1.33. The van der Waals surface area contributed by atoms with Crippen molar-refractivity contribution in [3.63, 3.8) is 0 Å². The molecule has 6 nitrogen and oxygen atoms in total. The normalized spacial score (nSPS) is 15.5. The molecule has 1 saturated heterocycles. The van der Waals surface area contributed by atoms with Crippen molar-refractivity contribution in [1.29, 1.82) is 0 Å². The van der Waals surface area contributed by atoms with E-state index in [1.165, 1.54) is 18.2 Å². The number of anilines is 1. The smallest absolute Gasteiger partial charge is 0.339 e. The van der Waals surface area contributed by atoms with Crippen LogP contribution in [0.2, 0.25) is 5.02 Å². The van der Waals surface area contributed by atoms with Gasteiger partial charge in [0.15, 0.2) is 0 Å². The van der Waals surface area contributed by atoms with Crippen LogP contribution in [0.5, 0.6) is 0 Å². The second-order valence-electron chi connectivity index (χ2n) is 8.26. The highest BCUT2D eigenvalue weighted by atomic mass is 35.5. The molecular weight excluding hydrogens is 450 g/mol. The first kappa shape index (κ1) is 24.0. The van der Waals surface area contributed by atoms with Crippen LogP contribution in [0.1, 0.15) is 27.5 Å². The lowest BCUT2D eigenvalue weighted by Gasteiger charge is -2.39. The van der Waals surface area contributed by atoms with Crippen LogP contribution in [0.15, 0.2) is 78.9 Å². The first-order valence-electron chi connectivity index (χ1n) is 11.3. The molecule has 1 aliphatic heterocycles. The highest BCUT2D eigenvalue weighted by molar-refractivity contribution is 6.30. The van der Waals surface area contributed by atoms with E-state index in [9.17, 15) is 9.59 Å². The van der Waals surface area contributed by atoms with E-state index in [0.717, 1.165) is 31.2 Å². The molecule has 1 N–H and O–H groups in total. The Labute approximate surface area is 205 Å². The molecule has 0 radical (unpaired) electrons. The van der Waals surface area contributed by atoms with Crippen molar-refractivity contribution in [2.24, 2.45) is 0 Å². The van der Waals surface area contributed by atoms with Crippen LogP contribution in [-0.2, 0) is 9.53 Å². The summed E-state index contributed by atoms with van der Waals surface area (Å²) in [6, 6.07) is 25.5. The molecule has 3 aromatic rings. The van der Waals surface area contributed by atoms with Crippen molar-refractivity contribution in [2.75, 3.05) is 45.2 Å². The van der Waals surface area contributed by atoms with Gasteiger partial charge >= 0.3 is 5.97 Å². The zero-order valence-electron chi connectivity index (χ0n) is 19.1. The number of ether oxygens (including phenoxy) is 1. The fourth-order valence-electron chi connectivity index (χ4n) is 4.35. The van der Waals surface area contributed by atoms with Crippen LogP contribution in [0, 0.1) is 0 Å². The minimum Gasteiger partial charge on any atom is -0.465 e. The van der Waals surface area contributed by atoms with Gasteiger partial charge in [0.1, 0.15) is 0 Å². The maximum atomic E-state index is 12.7. The van der Waals surface area contributed by atoms with Crippen LogP contribution in [-0.4, -0.2) is 61.5 Å². The summed E-state index contributed by atoms with van der Waals surface area (Å²) in [5.41, 5.74) is 3.23. The Hall–Kier alpha value is -3.19. The second kappa shape index (κ2) is 11.3. The SMILES string of the molecule is COC(=O)c1ccccc1NC(=O)CN1CCN(C(c2ccccc2)c2ccc(Cl)cc2)CC1. The Morgan fingerprint density at radius 2 is 1.50 bits per heavy atom. The van der Waals surface area contributed by atoms with Crippen molar-refractivity contribution >= 4 is 29.2 Å². The lowest BCUT2D eigenvalue weighted by atomic mass is 9.96. The number of rotatable bonds is 7. The number of carbonyl (C=O) groups excluding carboxylic acids is 2. The Morgan fingerprint density at radius 3 is 2.18 bits per heavy atom. The van der Waals surface area contributed by atoms with E-state index in [1.807, 2.05) is 18.2 Å². The van der Waals surface area contributed by atoms with Gasteiger partial charge in [-0.3, -0.25) is 14.6 Å². The monoisotopic (exact) mass is 477 g/mol. The molecule has 1 heterocycles. The van der Waals surface area contributed by atoms with E-state index in [1.54, 1.807) is 24.3 Å². The minimum absolute atomic E-state index is 0.126. The number of para-hydroxylation sites is 1. The van der Waals surface area contributed by atoms with E-state index in [2.05, 4.69) is 51.5 Å². The molecule has 0 bridgehead atoms. The maximum absolute atomic E-state index is 12.7. The van der Waals surface area contributed by atoms with E-state index >= 15 is 0 Å². The summed E-state index contributed by atoms with van der Waals surface area (Å²) in [6.45, 7) is 3.45. The number of carbonyl (C=O) groups is 2. The summed E-state index contributed by atoms with van der Waals surface area (Å²) in [5, 5.41) is 3.58. The molecule has 0 spiro atoms. The number of esters is 1. The van der Waals surface area contributed by atoms with Gasteiger partial charge in [-0.15, -0.1) is 0 Å². The molecule has 7 heteroatoms. The number of benzene rings is 3. The molecule has 176 valence electrons. The Balaban J connectivity index is 1.40. The van der Waals surface area contributed by atoms with E-state index < -0.39 is 5.97 Å². The van der Waals surface area contributed by atoms with Gasteiger partial charge in [-0.1, -0.05) is 66.2 Å². The molecule has 3 aromatic carbocycles. The Morgan fingerprint density at radius 1 is 0.882 bits per heavy atom. The molecule has 1 amide bonds. The zero-order chi connectivity index (χ0) is 23.9. The average Bonchev–Trinajstić information content (AvgIpc) is 2.87. The summed E-state index contributed by atoms with van der Waals surface area (Å²) < 4.78 is 4.81. The second-order valence-corrected chi connectivity index (χ2v) is 8.70. The largest absolute Gasteiger partial charge is 0.465 e. The molecule has 1 atom stereocenters. The average molecular weight is 478 g/mol. The van der Waals surface area contributed by atoms with Gasteiger partial charge in [-0.25, -0.2) is 4.79 Å². The first-order chi connectivity index (χ1) is 16.5. The number of methoxy groups -OCH3 is 1. The lowest BCUT2D eigenvalue weighted by molar-refractivity contribution is -0.117. The molecule has 4 rings (SSSR count). The maximum Gasteiger partial charge on any atom is 0.339 e. The van der Waals surface area contributed by atoms with Crippen LogP contribution >= 0.6 is 11.6 Å². The third-order valence-corrected chi connectivity index (χ3v) is 6.30. The summed E-state index contributed by atoms with van der Waals surface area (Å²) >= 11 is 6.13. The predicted molar refractivity (Wildman–Crippen MR) is 134 cm³/mol. The predicted octanol–water partition coefficient (Wildman–Crippen LogP) is 4.47. The van der Waals surface area contributed by atoms with Crippen LogP contribution in [0.4, 0.5) is 5.69 Å². The number of hydrogen-bond donors (Lipinski definition) is 1. The van der Waals surface area contributed by atoms with E-state index in [-0.39, 0.29) is 18.5 Å². The highest BCUT2D eigenvalue weighted by Gasteiger charge is 2.27. The number of nitrogens with one attached hydrogen (secondary N) is 1. The third kappa shape index (κ3) is 5.83. The van der Waals surface area contributed by atoms with Crippen LogP contribution in [0.25, 0.3) is 0 Å². The van der Waals surface area contributed by atoms with Gasteiger partial charge in [0, 0.05) is 31.2 Å². The molecule has 34 heavy (non-hydrogen) atoms. The molecule has 1 unspecified atom stereocenters. The first-order valence-corrected chi connectivity index (χ1v) is 11.7. The number of amides is 1. The summed E-state index contributed by atoms with van der Waals surface area (Å²) in [4.78, 5) is 29.2. The fourth-order valence-corrected chi connectivity index (χ4v) is 4.47. The number of nitrogens with zero attached hydrogens (tertiary/aromatic N) is 2.